The molecular weight excluding hydrogens is 332 g/mol. The third-order valence-corrected chi connectivity index (χ3v) is 5.58. The van der Waals surface area contributed by atoms with Gasteiger partial charge in [-0.15, -0.1) is 6.58 Å². The second-order valence-corrected chi connectivity index (χ2v) is 8.15. The highest BCUT2D eigenvalue weighted by molar-refractivity contribution is 5.89. The van der Waals surface area contributed by atoms with Crippen LogP contribution in [0, 0.1) is 0 Å². The van der Waals surface area contributed by atoms with Crippen LogP contribution in [-0.2, 0) is 19.1 Å². The number of likely N-dealkylation sites (tertiary alicyclic amines) is 1. The van der Waals surface area contributed by atoms with Crippen molar-refractivity contribution in [3.8, 4) is 0 Å². The van der Waals surface area contributed by atoms with Gasteiger partial charge in [-0.3, -0.25) is 9.59 Å². The number of fused-ring (bicyclic) bond motifs is 1. The Kier molecular flexibility index (Phi) is 6.03. The third kappa shape index (κ3) is 4.29. The van der Waals surface area contributed by atoms with Crippen LogP contribution in [0.1, 0.15) is 65.2 Å². The average Bonchev–Trinajstić information content (AvgIpc) is 3.07. The summed E-state index contributed by atoms with van der Waals surface area (Å²) in [6.45, 7) is 7.83. The molecule has 2 heterocycles. The highest BCUT2D eigenvalue weighted by Gasteiger charge is 2.56. The van der Waals surface area contributed by atoms with Crippen molar-refractivity contribution in [3.05, 3.63) is 12.7 Å². The summed E-state index contributed by atoms with van der Waals surface area (Å²) >= 11 is 0. The van der Waals surface area contributed by atoms with Gasteiger partial charge in [0.15, 0.2) is 5.79 Å². The van der Waals surface area contributed by atoms with E-state index in [0.29, 0.717) is 13.0 Å². The topological polar surface area (TPSA) is 67.9 Å². The van der Waals surface area contributed by atoms with Gasteiger partial charge in [-0.2, -0.15) is 0 Å². The number of rotatable bonds is 6. The van der Waals surface area contributed by atoms with E-state index in [1.807, 2.05) is 19.9 Å². The smallest absolute Gasteiger partial charge is 0.245 e. The van der Waals surface area contributed by atoms with Crippen LogP contribution in [0.2, 0.25) is 0 Å². The van der Waals surface area contributed by atoms with Gasteiger partial charge in [-0.25, -0.2) is 0 Å². The van der Waals surface area contributed by atoms with Crippen molar-refractivity contribution >= 4 is 11.8 Å². The monoisotopic (exact) mass is 364 g/mol. The molecule has 0 unspecified atom stereocenters. The Balaban J connectivity index is 1.70. The number of hydrogen-bond acceptors (Lipinski definition) is 4. The Morgan fingerprint density at radius 1 is 1.23 bits per heavy atom. The van der Waals surface area contributed by atoms with Crippen molar-refractivity contribution in [2.45, 2.75) is 95.3 Å². The molecule has 6 nitrogen and oxygen atoms in total. The highest BCUT2D eigenvalue weighted by atomic mass is 16.8. The fourth-order valence-corrected chi connectivity index (χ4v) is 4.38. The summed E-state index contributed by atoms with van der Waals surface area (Å²) in [5, 5.41) is 3.17. The number of allylic oxidation sites excluding steroid dienone is 1. The van der Waals surface area contributed by atoms with Gasteiger partial charge >= 0.3 is 0 Å². The SMILES string of the molecule is C=CCCCC(=O)N1C[C@@H]2OC(C)(C)O[C@@H]2[C@H]1C(=O)NC1CCCCC1. The summed E-state index contributed by atoms with van der Waals surface area (Å²) in [6.07, 6.45) is 8.72. The molecule has 0 bridgehead atoms. The quantitative estimate of drug-likeness (QED) is 0.581. The molecule has 2 aliphatic heterocycles. The van der Waals surface area contributed by atoms with E-state index in [4.69, 9.17) is 9.47 Å². The van der Waals surface area contributed by atoms with Gasteiger partial charge in [0.25, 0.3) is 0 Å². The standard InChI is InChI=1S/C20H32N2O4/c1-4-5-7-12-16(23)22-13-15-18(26-20(2,3)25-15)17(22)19(24)21-14-10-8-6-9-11-14/h4,14-15,17-18H,1,5-13H2,2-3H3,(H,21,24)/t15-,17-,18-/m0/s1. The molecule has 1 saturated carbocycles. The molecule has 26 heavy (non-hydrogen) atoms. The summed E-state index contributed by atoms with van der Waals surface area (Å²) in [5.41, 5.74) is 0. The average molecular weight is 364 g/mol. The minimum atomic E-state index is -0.712. The van der Waals surface area contributed by atoms with Gasteiger partial charge in [0.2, 0.25) is 11.8 Å². The molecule has 0 radical (unpaired) electrons. The first kappa shape index (κ1) is 19.4. The van der Waals surface area contributed by atoms with Crippen molar-refractivity contribution in [2.75, 3.05) is 6.54 Å². The fraction of sp³-hybridized carbons (Fsp3) is 0.800. The molecule has 0 aromatic carbocycles. The van der Waals surface area contributed by atoms with Crippen LogP contribution >= 0.6 is 0 Å². The molecule has 1 aliphatic carbocycles. The second-order valence-electron chi connectivity index (χ2n) is 8.15. The third-order valence-electron chi connectivity index (χ3n) is 5.58. The molecule has 146 valence electrons. The van der Waals surface area contributed by atoms with Crippen LogP contribution in [0.15, 0.2) is 12.7 Å². The summed E-state index contributed by atoms with van der Waals surface area (Å²) in [4.78, 5) is 27.4. The molecule has 1 N–H and O–H groups in total. The van der Waals surface area contributed by atoms with Gasteiger partial charge < -0.3 is 19.7 Å². The van der Waals surface area contributed by atoms with E-state index >= 15 is 0 Å². The Labute approximate surface area is 156 Å². The number of amides is 2. The summed E-state index contributed by atoms with van der Waals surface area (Å²) in [5.74, 6) is -0.811. The lowest BCUT2D eigenvalue weighted by Crippen LogP contribution is -2.53. The first-order chi connectivity index (χ1) is 12.4. The zero-order chi connectivity index (χ0) is 18.7. The number of nitrogens with zero attached hydrogens (tertiary/aromatic N) is 1. The maximum Gasteiger partial charge on any atom is 0.245 e. The number of nitrogens with one attached hydrogen (secondary N) is 1. The Morgan fingerprint density at radius 3 is 2.65 bits per heavy atom. The molecule has 3 aliphatic rings. The predicted octanol–water partition coefficient (Wildman–Crippen LogP) is 2.52. The zero-order valence-corrected chi connectivity index (χ0v) is 16.0. The largest absolute Gasteiger partial charge is 0.351 e. The van der Waals surface area contributed by atoms with Crippen LogP contribution in [0.25, 0.3) is 0 Å². The Hall–Kier alpha value is -1.40. The summed E-state index contributed by atoms with van der Waals surface area (Å²) in [7, 11) is 0. The second kappa shape index (κ2) is 8.09. The van der Waals surface area contributed by atoms with E-state index in [-0.39, 0.29) is 24.0 Å². The highest BCUT2D eigenvalue weighted by Crippen LogP contribution is 2.37. The molecule has 3 atom stereocenters. The lowest BCUT2D eigenvalue weighted by atomic mass is 9.95. The van der Waals surface area contributed by atoms with Crippen LogP contribution in [0.3, 0.4) is 0 Å². The van der Waals surface area contributed by atoms with E-state index in [9.17, 15) is 9.59 Å². The maximum atomic E-state index is 13.1. The van der Waals surface area contributed by atoms with Gasteiger partial charge in [0, 0.05) is 12.5 Å². The molecule has 2 amide bonds. The lowest BCUT2D eigenvalue weighted by Gasteiger charge is -2.31. The molecule has 0 spiro atoms. The molecule has 2 saturated heterocycles. The molecule has 3 fully saturated rings. The fourth-order valence-electron chi connectivity index (χ4n) is 4.38. The van der Waals surface area contributed by atoms with Gasteiger partial charge in [-0.05, 0) is 39.5 Å². The maximum absolute atomic E-state index is 13.1. The number of hydrogen-bond donors (Lipinski definition) is 1. The normalized spacial score (nSPS) is 30.8. The van der Waals surface area contributed by atoms with E-state index < -0.39 is 17.9 Å². The molecule has 6 heteroatoms. The van der Waals surface area contributed by atoms with Crippen LogP contribution in [-0.4, -0.2) is 53.3 Å². The molecule has 0 aromatic heterocycles. The number of carbonyl (C=O) groups is 2. The van der Waals surface area contributed by atoms with Crippen molar-refractivity contribution in [3.63, 3.8) is 0 Å². The van der Waals surface area contributed by atoms with Crippen molar-refractivity contribution < 1.29 is 19.1 Å². The molecule has 0 aromatic rings. The summed E-state index contributed by atoms with van der Waals surface area (Å²) < 4.78 is 11.9. The minimum absolute atomic E-state index is 0.00458. The van der Waals surface area contributed by atoms with Crippen LogP contribution < -0.4 is 5.32 Å². The van der Waals surface area contributed by atoms with Gasteiger partial charge in [0.1, 0.15) is 18.2 Å². The van der Waals surface area contributed by atoms with Crippen molar-refractivity contribution in [1.29, 1.82) is 0 Å². The zero-order valence-electron chi connectivity index (χ0n) is 16.0. The van der Waals surface area contributed by atoms with Gasteiger partial charge in [-0.1, -0.05) is 25.3 Å². The predicted molar refractivity (Wildman–Crippen MR) is 98.4 cm³/mol. The molecular formula is C20H32N2O4. The summed E-state index contributed by atoms with van der Waals surface area (Å²) in [6, 6.07) is -0.386. The lowest BCUT2D eigenvalue weighted by molar-refractivity contribution is -0.170. The van der Waals surface area contributed by atoms with E-state index in [1.54, 1.807) is 4.90 Å². The van der Waals surface area contributed by atoms with E-state index in [2.05, 4.69) is 11.9 Å². The van der Waals surface area contributed by atoms with E-state index in [0.717, 1.165) is 38.5 Å². The minimum Gasteiger partial charge on any atom is -0.351 e. The van der Waals surface area contributed by atoms with Crippen LogP contribution in [0.4, 0.5) is 0 Å². The Bertz CT molecular complexity index is 542. The molecule has 3 rings (SSSR count). The number of carbonyl (C=O) groups excluding carboxylic acids is 2. The van der Waals surface area contributed by atoms with Gasteiger partial charge in [0.05, 0.1) is 6.54 Å². The van der Waals surface area contributed by atoms with Crippen LogP contribution in [0.5, 0.6) is 0 Å². The number of unbranched alkanes of at least 4 members (excludes halogenated alkanes) is 1. The first-order valence-corrected chi connectivity index (χ1v) is 9.97. The van der Waals surface area contributed by atoms with Crippen molar-refractivity contribution in [2.24, 2.45) is 0 Å². The Morgan fingerprint density at radius 2 is 1.96 bits per heavy atom. The van der Waals surface area contributed by atoms with Crippen molar-refractivity contribution in [1.82, 2.24) is 10.2 Å². The first-order valence-electron chi connectivity index (χ1n) is 9.97. The van der Waals surface area contributed by atoms with E-state index in [1.165, 1.54) is 6.42 Å². The number of ether oxygens (including phenoxy) is 2.